The molecule has 0 aliphatic heterocycles. The standard InChI is InChI=1S/C13H26FN/c1-6-8-11(7-2)15(5)9-12-10(3)13(12,4)14/h10-12H,6-9H2,1-5H3. The van der Waals surface area contributed by atoms with Crippen LogP contribution in [-0.4, -0.2) is 30.2 Å². The fourth-order valence-corrected chi connectivity index (χ4v) is 2.65. The molecule has 0 N–H and O–H groups in total. The molecule has 1 fully saturated rings. The van der Waals surface area contributed by atoms with Gasteiger partial charge in [0.15, 0.2) is 0 Å². The van der Waals surface area contributed by atoms with Crippen LogP contribution in [0.25, 0.3) is 0 Å². The normalized spacial score (nSPS) is 37.0. The third-order valence-electron chi connectivity index (χ3n) is 4.31. The second kappa shape index (κ2) is 4.82. The summed E-state index contributed by atoms with van der Waals surface area (Å²) in [6.45, 7) is 9.14. The van der Waals surface area contributed by atoms with Gasteiger partial charge in [-0.2, -0.15) is 0 Å². The molecule has 0 radical (unpaired) electrons. The largest absolute Gasteiger partial charge is 0.303 e. The van der Waals surface area contributed by atoms with E-state index in [1.807, 2.05) is 6.92 Å². The lowest BCUT2D eigenvalue weighted by atomic mass is 10.1. The molecule has 0 amide bonds. The van der Waals surface area contributed by atoms with Crippen LogP contribution in [0.1, 0.15) is 47.0 Å². The Bertz CT molecular complexity index is 203. The average molecular weight is 215 g/mol. The molecule has 1 rings (SSSR count). The highest BCUT2D eigenvalue weighted by atomic mass is 19.1. The molecule has 4 atom stereocenters. The van der Waals surface area contributed by atoms with Gasteiger partial charge < -0.3 is 4.90 Å². The first kappa shape index (κ1) is 13.0. The van der Waals surface area contributed by atoms with Gasteiger partial charge >= 0.3 is 0 Å². The summed E-state index contributed by atoms with van der Waals surface area (Å²) in [4.78, 5) is 2.36. The van der Waals surface area contributed by atoms with Crippen molar-refractivity contribution in [2.75, 3.05) is 13.6 Å². The molecule has 1 aliphatic rings. The van der Waals surface area contributed by atoms with Crippen molar-refractivity contribution in [2.24, 2.45) is 11.8 Å². The summed E-state index contributed by atoms with van der Waals surface area (Å²) >= 11 is 0. The Labute approximate surface area is 94.0 Å². The second-order valence-corrected chi connectivity index (χ2v) is 5.34. The van der Waals surface area contributed by atoms with Crippen LogP contribution >= 0.6 is 0 Å². The summed E-state index contributed by atoms with van der Waals surface area (Å²) in [5, 5.41) is 0. The minimum atomic E-state index is -0.904. The predicted octanol–water partition coefficient (Wildman–Crippen LogP) is 3.49. The average Bonchev–Trinajstić information content (AvgIpc) is 2.64. The highest BCUT2D eigenvalue weighted by Crippen LogP contribution is 2.53. The fourth-order valence-electron chi connectivity index (χ4n) is 2.65. The van der Waals surface area contributed by atoms with E-state index >= 15 is 0 Å². The number of alkyl halides is 1. The molecule has 0 spiro atoms. The Morgan fingerprint density at radius 1 is 1.40 bits per heavy atom. The lowest BCUT2D eigenvalue weighted by Crippen LogP contribution is -2.33. The Hall–Kier alpha value is -0.110. The van der Waals surface area contributed by atoms with Gasteiger partial charge in [0.1, 0.15) is 5.67 Å². The smallest absolute Gasteiger partial charge is 0.115 e. The van der Waals surface area contributed by atoms with Gasteiger partial charge in [0.05, 0.1) is 0 Å². The van der Waals surface area contributed by atoms with Crippen LogP contribution < -0.4 is 0 Å². The van der Waals surface area contributed by atoms with E-state index < -0.39 is 5.67 Å². The van der Waals surface area contributed by atoms with Crippen molar-refractivity contribution in [1.82, 2.24) is 4.90 Å². The molecule has 0 aromatic heterocycles. The van der Waals surface area contributed by atoms with Crippen LogP contribution in [0.4, 0.5) is 4.39 Å². The molecule has 2 heteroatoms. The van der Waals surface area contributed by atoms with Crippen LogP contribution in [0.15, 0.2) is 0 Å². The zero-order valence-corrected chi connectivity index (χ0v) is 10.9. The van der Waals surface area contributed by atoms with Gasteiger partial charge in [-0.1, -0.05) is 27.2 Å². The zero-order chi connectivity index (χ0) is 11.6. The van der Waals surface area contributed by atoms with Gasteiger partial charge in [0.2, 0.25) is 0 Å². The van der Waals surface area contributed by atoms with Crippen molar-refractivity contribution in [1.29, 1.82) is 0 Å². The SMILES string of the molecule is CCCC(CC)N(C)CC1C(C)C1(C)F. The Morgan fingerprint density at radius 3 is 2.27 bits per heavy atom. The van der Waals surface area contributed by atoms with Crippen LogP contribution in [0, 0.1) is 11.8 Å². The van der Waals surface area contributed by atoms with E-state index in [0.29, 0.717) is 6.04 Å². The molecule has 1 aliphatic carbocycles. The third-order valence-corrected chi connectivity index (χ3v) is 4.31. The molecule has 0 aromatic carbocycles. The summed E-state index contributed by atoms with van der Waals surface area (Å²) in [5.41, 5.74) is -0.904. The van der Waals surface area contributed by atoms with Gasteiger partial charge in [0.25, 0.3) is 0 Å². The maximum Gasteiger partial charge on any atom is 0.115 e. The summed E-state index contributed by atoms with van der Waals surface area (Å²) in [6.07, 6.45) is 3.63. The summed E-state index contributed by atoms with van der Waals surface area (Å²) in [6, 6.07) is 0.638. The van der Waals surface area contributed by atoms with Crippen molar-refractivity contribution in [3.05, 3.63) is 0 Å². The van der Waals surface area contributed by atoms with Crippen LogP contribution in [0.5, 0.6) is 0 Å². The highest BCUT2D eigenvalue weighted by Gasteiger charge is 2.59. The Kier molecular flexibility index (Phi) is 4.16. The summed E-state index contributed by atoms with van der Waals surface area (Å²) in [7, 11) is 2.14. The molecule has 0 saturated heterocycles. The summed E-state index contributed by atoms with van der Waals surface area (Å²) < 4.78 is 13.7. The zero-order valence-electron chi connectivity index (χ0n) is 10.9. The second-order valence-electron chi connectivity index (χ2n) is 5.34. The van der Waals surface area contributed by atoms with Crippen LogP contribution in [0.2, 0.25) is 0 Å². The van der Waals surface area contributed by atoms with Crippen molar-refractivity contribution >= 4 is 0 Å². The van der Waals surface area contributed by atoms with E-state index in [9.17, 15) is 4.39 Å². The molecule has 0 aromatic rings. The van der Waals surface area contributed by atoms with Gasteiger partial charge in [-0.15, -0.1) is 0 Å². The van der Waals surface area contributed by atoms with E-state index in [2.05, 4.69) is 25.8 Å². The van der Waals surface area contributed by atoms with E-state index in [0.717, 1.165) is 6.54 Å². The maximum absolute atomic E-state index is 13.7. The molecule has 1 nitrogen and oxygen atoms in total. The van der Waals surface area contributed by atoms with Crippen LogP contribution in [0.3, 0.4) is 0 Å². The van der Waals surface area contributed by atoms with Gasteiger partial charge in [0, 0.05) is 18.5 Å². The number of hydrogen-bond acceptors (Lipinski definition) is 1. The van der Waals surface area contributed by atoms with Crippen molar-refractivity contribution in [2.45, 2.75) is 58.7 Å². The van der Waals surface area contributed by atoms with Gasteiger partial charge in [-0.05, 0) is 32.7 Å². The molecule has 15 heavy (non-hydrogen) atoms. The molecule has 0 bridgehead atoms. The topological polar surface area (TPSA) is 3.24 Å². The minimum absolute atomic E-state index is 0.249. The molecular weight excluding hydrogens is 189 g/mol. The predicted molar refractivity (Wildman–Crippen MR) is 63.8 cm³/mol. The first-order chi connectivity index (χ1) is 6.95. The molecule has 4 unspecified atom stereocenters. The van der Waals surface area contributed by atoms with Crippen molar-refractivity contribution in [3.63, 3.8) is 0 Å². The lowest BCUT2D eigenvalue weighted by Gasteiger charge is -2.27. The first-order valence-electron chi connectivity index (χ1n) is 6.34. The molecule has 90 valence electrons. The number of halogens is 1. The molecule has 1 saturated carbocycles. The first-order valence-corrected chi connectivity index (χ1v) is 6.34. The Balaban J connectivity index is 2.38. The van der Waals surface area contributed by atoms with E-state index in [1.165, 1.54) is 19.3 Å². The van der Waals surface area contributed by atoms with E-state index in [4.69, 9.17) is 0 Å². The molecule has 0 heterocycles. The third kappa shape index (κ3) is 2.72. The maximum atomic E-state index is 13.7. The van der Waals surface area contributed by atoms with E-state index in [1.54, 1.807) is 6.92 Å². The summed E-state index contributed by atoms with van der Waals surface area (Å²) in [5.74, 6) is 0.507. The van der Waals surface area contributed by atoms with Gasteiger partial charge in [-0.25, -0.2) is 4.39 Å². The number of nitrogens with zero attached hydrogens (tertiary/aromatic N) is 1. The van der Waals surface area contributed by atoms with Crippen molar-refractivity contribution in [3.8, 4) is 0 Å². The number of hydrogen-bond donors (Lipinski definition) is 0. The van der Waals surface area contributed by atoms with Crippen LogP contribution in [-0.2, 0) is 0 Å². The monoisotopic (exact) mass is 215 g/mol. The Morgan fingerprint density at radius 2 is 1.93 bits per heavy atom. The van der Waals surface area contributed by atoms with Gasteiger partial charge in [-0.3, -0.25) is 0 Å². The van der Waals surface area contributed by atoms with E-state index in [-0.39, 0.29) is 11.8 Å². The van der Waals surface area contributed by atoms with Crippen molar-refractivity contribution < 1.29 is 4.39 Å². The quantitative estimate of drug-likeness (QED) is 0.655. The minimum Gasteiger partial charge on any atom is -0.303 e. The fraction of sp³-hybridized carbons (Fsp3) is 1.00. The molecular formula is C13H26FN. The lowest BCUT2D eigenvalue weighted by molar-refractivity contribution is 0.192. The number of rotatable bonds is 6. The highest BCUT2D eigenvalue weighted by molar-refractivity contribution is 5.08.